The number of nitrogens with one attached hydrogen (secondary N) is 2. The summed E-state index contributed by atoms with van der Waals surface area (Å²) >= 11 is 0. The fourth-order valence-corrected chi connectivity index (χ4v) is 3.10. The maximum Gasteiger partial charge on any atom is 0.220 e. The monoisotopic (exact) mass is 387 g/mol. The third-order valence-corrected chi connectivity index (χ3v) is 4.50. The third kappa shape index (κ3) is 5.89. The molecule has 0 saturated heterocycles. The normalized spacial score (nSPS) is 10.6. The highest BCUT2D eigenvalue weighted by molar-refractivity contribution is 5.76. The maximum atomic E-state index is 12.4. The number of carbonyl (C=O) groups excluding carboxylic acids is 1. The van der Waals surface area contributed by atoms with Gasteiger partial charge in [-0.3, -0.25) is 4.79 Å². The summed E-state index contributed by atoms with van der Waals surface area (Å²) < 4.78 is 16.1. The summed E-state index contributed by atoms with van der Waals surface area (Å²) in [6.45, 7) is 1.47. The molecule has 0 aliphatic carbocycles. The summed E-state index contributed by atoms with van der Waals surface area (Å²) in [6.07, 6.45) is 0.978. The SMILES string of the molecule is COc1cc(CCC(=O)NCc2ccccc2C[NH+](C)C)cc(OC)c1OC. The first-order chi connectivity index (χ1) is 13.5. The summed E-state index contributed by atoms with van der Waals surface area (Å²) in [7, 11) is 8.98. The van der Waals surface area contributed by atoms with Crippen molar-refractivity contribution in [1.82, 2.24) is 5.32 Å². The van der Waals surface area contributed by atoms with Gasteiger partial charge >= 0.3 is 0 Å². The molecule has 152 valence electrons. The molecule has 0 bridgehead atoms. The van der Waals surface area contributed by atoms with Gasteiger partial charge < -0.3 is 24.4 Å². The van der Waals surface area contributed by atoms with Crippen LogP contribution in [0.1, 0.15) is 23.1 Å². The van der Waals surface area contributed by atoms with Gasteiger partial charge in [0.2, 0.25) is 11.7 Å². The average Bonchev–Trinajstić information content (AvgIpc) is 2.70. The Balaban J connectivity index is 1.96. The van der Waals surface area contributed by atoms with Gasteiger partial charge in [-0.2, -0.15) is 0 Å². The number of carbonyl (C=O) groups is 1. The van der Waals surface area contributed by atoms with E-state index in [9.17, 15) is 4.79 Å². The van der Waals surface area contributed by atoms with Crippen LogP contribution < -0.4 is 24.4 Å². The van der Waals surface area contributed by atoms with Gasteiger partial charge in [0.15, 0.2) is 11.5 Å². The van der Waals surface area contributed by atoms with E-state index in [2.05, 4.69) is 31.5 Å². The van der Waals surface area contributed by atoms with Gasteiger partial charge in [0.25, 0.3) is 0 Å². The van der Waals surface area contributed by atoms with Crippen LogP contribution in [-0.4, -0.2) is 41.3 Å². The van der Waals surface area contributed by atoms with Crippen molar-refractivity contribution in [2.75, 3.05) is 35.4 Å². The van der Waals surface area contributed by atoms with E-state index in [1.165, 1.54) is 10.5 Å². The van der Waals surface area contributed by atoms with Crippen molar-refractivity contribution in [3.8, 4) is 17.2 Å². The number of benzene rings is 2. The largest absolute Gasteiger partial charge is 0.493 e. The summed E-state index contributed by atoms with van der Waals surface area (Å²) in [5, 5.41) is 3.03. The second-order valence-electron chi connectivity index (χ2n) is 6.96. The number of hydrogen-bond acceptors (Lipinski definition) is 4. The molecule has 2 N–H and O–H groups in total. The second kappa shape index (κ2) is 10.6. The predicted molar refractivity (Wildman–Crippen MR) is 109 cm³/mol. The molecule has 2 aromatic carbocycles. The molecule has 2 rings (SSSR count). The number of aryl methyl sites for hydroxylation is 1. The Morgan fingerprint density at radius 1 is 0.964 bits per heavy atom. The number of amides is 1. The number of rotatable bonds is 10. The lowest BCUT2D eigenvalue weighted by atomic mass is 10.1. The van der Waals surface area contributed by atoms with Crippen LogP contribution in [-0.2, 0) is 24.3 Å². The van der Waals surface area contributed by atoms with Gasteiger partial charge in [-0.15, -0.1) is 0 Å². The molecular formula is C22H31N2O4+. The molecule has 0 aliphatic rings. The Kier molecular flexibility index (Phi) is 8.14. The molecule has 0 fully saturated rings. The van der Waals surface area contributed by atoms with Gasteiger partial charge in [-0.05, 0) is 29.7 Å². The minimum atomic E-state index is 0.0146. The van der Waals surface area contributed by atoms with Crippen molar-refractivity contribution in [3.05, 3.63) is 53.1 Å². The van der Waals surface area contributed by atoms with E-state index >= 15 is 0 Å². The lowest BCUT2D eigenvalue weighted by Crippen LogP contribution is -3.04. The van der Waals surface area contributed by atoms with Crippen LogP contribution in [0.5, 0.6) is 17.2 Å². The molecule has 0 aliphatic heterocycles. The third-order valence-electron chi connectivity index (χ3n) is 4.50. The summed E-state index contributed by atoms with van der Waals surface area (Å²) in [4.78, 5) is 13.7. The van der Waals surface area contributed by atoms with Gasteiger partial charge in [0.1, 0.15) is 6.54 Å². The van der Waals surface area contributed by atoms with E-state index in [1.807, 2.05) is 24.3 Å². The lowest BCUT2D eigenvalue weighted by molar-refractivity contribution is -0.872. The van der Waals surface area contributed by atoms with Crippen LogP contribution in [0.15, 0.2) is 36.4 Å². The number of methoxy groups -OCH3 is 3. The molecule has 0 saturated carbocycles. The molecule has 2 aromatic rings. The second-order valence-corrected chi connectivity index (χ2v) is 6.96. The first-order valence-corrected chi connectivity index (χ1v) is 9.39. The van der Waals surface area contributed by atoms with Gasteiger partial charge in [-0.1, -0.05) is 24.3 Å². The van der Waals surface area contributed by atoms with E-state index in [0.717, 1.165) is 17.7 Å². The Morgan fingerprint density at radius 3 is 2.11 bits per heavy atom. The Morgan fingerprint density at radius 2 is 1.57 bits per heavy atom. The maximum absolute atomic E-state index is 12.4. The topological polar surface area (TPSA) is 61.2 Å². The van der Waals surface area contributed by atoms with E-state index < -0.39 is 0 Å². The van der Waals surface area contributed by atoms with Crippen LogP contribution >= 0.6 is 0 Å². The Bertz CT molecular complexity index is 765. The van der Waals surface area contributed by atoms with Crippen LogP contribution in [0.4, 0.5) is 0 Å². The summed E-state index contributed by atoms with van der Waals surface area (Å²) in [5.41, 5.74) is 3.37. The van der Waals surface area contributed by atoms with Crippen molar-refractivity contribution >= 4 is 5.91 Å². The highest BCUT2D eigenvalue weighted by atomic mass is 16.5. The fourth-order valence-electron chi connectivity index (χ4n) is 3.10. The first kappa shape index (κ1) is 21.6. The van der Waals surface area contributed by atoms with Crippen molar-refractivity contribution in [1.29, 1.82) is 0 Å². The predicted octanol–water partition coefficient (Wildman–Crippen LogP) is 1.61. The molecule has 0 aromatic heterocycles. The van der Waals surface area contributed by atoms with Crippen LogP contribution in [0.2, 0.25) is 0 Å². The minimum absolute atomic E-state index is 0.0146. The van der Waals surface area contributed by atoms with Crippen molar-refractivity contribution in [2.24, 2.45) is 0 Å². The molecule has 28 heavy (non-hydrogen) atoms. The molecule has 6 heteroatoms. The molecular weight excluding hydrogens is 356 g/mol. The standard InChI is InChI=1S/C22H30N2O4/c1-24(2)15-18-9-7-6-8-17(18)14-23-21(25)11-10-16-12-19(26-3)22(28-5)20(13-16)27-4/h6-9,12-13H,10-11,14-15H2,1-5H3,(H,23,25)/p+1. The summed E-state index contributed by atoms with van der Waals surface area (Å²) in [6, 6.07) is 12.0. The van der Waals surface area contributed by atoms with Gasteiger partial charge in [0.05, 0.1) is 35.4 Å². The smallest absolute Gasteiger partial charge is 0.220 e. The highest BCUT2D eigenvalue weighted by Gasteiger charge is 2.14. The van der Waals surface area contributed by atoms with E-state index in [-0.39, 0.29) is 5.91 Å². The van der Waals surface area contributed by atoms with Crippen LogP contribution in [0, 0.1) is 0 Å². The number of quaternary nitrogens is 1. The molecule has 0 unspecified atom stereocenters. The van der Waals surface area contributed by atoms with Crippen LogP contribution in [0.3, 0.4) is 0 Å². The highest BCUT2D eigenvalue weighted by Crippen LogP contribution is 2.38. The van der Waals surface area contributed by atoms with E-state index in [1.54, 1.807) is 21.3 Å². The first-order valence-electron chi connectivity index (χ1n) is 9.39. The van der Waals surface area contributed by atoms with E-state index in [0.29, 0.717) is 36.6 Å². The number of hydrogen-bond donors (Lipinski definition) is 2. The van der Waals surface area contributed by atoms with Crippen LogP contribution in [0.25, 0.3) is 0 Å². The quantitative estimate of drug-likeness (QED) is 0.650. The van der Waals surface area contributed by atoms with Gasteiger partial charge in [0, 0.05) is 18.5 Å². The average molecular weight is 388 g/mol. The van der Waals surface area contributed by atoms with Crippen molar-refractivity contribution in [3.63, 3.8) is 0 Å². The molecule has 6 nitrogen and oxygen atoms in total. The summed E-state index contributed by atoms with van der Waals surface area (Å²) in [5.74, 6) is 1.76. The molecule has 1 amide bonds. The Labute approximate surface area is 167 Å². The van der Waals surface area contributed by atoms with Crippen molar-refractivity contribution < 1.29 is 23.9 Å². The zero-order valence-corrected chi connectivity index (χ0v) is 17.4. The zero-order valence-electron chi connectivity index (χ0n) is 17.4. The Hall–Kier alpha value is -2.73. The zero-order chi connectivity index (χ0) is 20.5. The molecule has 0 spiro atoms. The lowest BCUT2D eigenvalue weighted by Gasteiger charge is -2.14. The molecule has 0 atom stereocenters. The van der Waals surface area contributed by atoms with Crippen molar-refractivity contribution in [2.45, 2.75) is 25.9 Å². The molecule has 0 radical (unpaired) electrons. The fraction of sp³-hybridized carbons (Fsp3) is 0.409. The molecule has 0 heterocycles. The van der Waals surface area contributed by atoms with E-state index in [4.69, 9.17) is 14.2 Å². The minimum Gasteiger partial charge on any atom is -0.493 e. The number of ether oxygens (including phenoxy) is 3. The van der Waals surface area contributed by atoms with Gasteiger partial charge in [-0.25, -0.2) is 0 Å².